The maximum atomic E-state index is 13.6. The maximum Gasteiger partial charge on any atom is 0.258 e. The lowest BCUT2D eigenvalue weighted by molar-refractivity contribution is 0.0984. The molecule has 32 heavy (non-hydrogen) atoms. The van der Waals surface area contributed by atoms with Crippen molar-refractivity contribution in [1.29, 1.82) is 0 Å². The Bertz CT molecular complexity index is 1330. The van der Waals surface area contributed by atoms with Gasteiger partial charge in [-0.3, -0.25) is 9.59 Å². The van der Waals surface area contributed by atoms with Crippen molar-refractivity contribution in [2.75, 3.05) is 19.1 Å². The summed E-state index contributed by atoms with van der Waals surface area (Å²) in [6.07, 6.45) is 0. The SMILES string of the molecule is COc1ccc(C(=O)N(Cc2cc3cc(C)ccc3[nH]c2=O)c2ccccc2)cc1OC. The lowest BCUT2D eigenvalue weighted by atomic mass is 10.1. The number of ether oxygens (including phenoxy) is 2. The largest absolute Gasteiger partial charge is 0.493 e. The summed E-state index contributed by atoms with van der Waals surface area (Å²) in [5.74, 6) is 0.753. The Kier molecular flexibility index (Phi) is 5.94. The molecule has 0 radical (unpaired) electrons. The Morgan fingerprint density at radius 1 is 0.906 bits per heavy atom. The Balaban J connectivity index is 1.77. The van der Waals surface area contributed by atoms with Crippen molar-refractivity contribution in [3.63, 3.8) is 0 Å². The summed E-state index contributed by atoms with van der Waals surface area (Å²) in [7, 11) is 3.07. The second-order valence-electron chi connectivity index (χ2n) is 7.51. The summed E-state index contributed by atoms with van der Waals surface area (Å²) in [6, 6.07) is 22.0. The molecule has 1 amide bonds. The molecule has 0 fully saturated rings. The van der Waals surface area contributed by atoms with Crippen molar-refractivity contribution < 1.29 is 14.3 Å². The second-order valence-corrected chi connectivity index (χ2v) is 7.51. The van der Waals surface area contributed by atoms with Crippen molar-refractivity contribution in [2.45, 2.75) is 13.5 Å². The third-order valence-corrected chi connectivity index (χ3v) is 5.35. The Morgan fingerprint density at radius 2 is 1.66 bits per heavy atom. The molecule has 0 unspecified atom stereocenters. The molecule has 1 N–H and O–H groups in total. The van der Waals surface area contributed by atoms with Gasteiger partial charge in [0.05, 0.1) is 20.8 Å². The first-order valence-corrected chi connectivity index (χ1v) is 10.2. The van der Waals surface area contributed by atoms with E-state index in [0.717, 1.165) is 16.5 Å². The third kappa shape index (κ3) is 4.21. The first-order chi connectivity index (χ1) is 15.5. The summed E-state index contributed by atoms with van der Waals surface area (Å²) in [5.41, 5.74) is 3.26. The molecule has 0 aliphatic carbocycles. The highest BCUT2D eigenvalue weighted by Gasteiger charge is 2.21. The van der Waals surface area contributed by atoms with Crippen LogP contribution in [0.2, 0.25) is 0 Å². The number of aromatic amines is 1. The normalized spacial score (nSPS) is 10.7. The van der Waals surface area contributed by atoms with E-state index in [2.05, 4.69) is 4.98 Å². The molecule has 4 aromatic rings. The minimum absolute atomic E-state index is 0.121. The van der Waals surface area contributed by atoms with Crippen LogP contribution in [0, 0.1) is 6.92 Å². The minimum Gasteiger partial charge on any atom is -0.493 e. The number of hydrogen-bond donors (Lipinski definition) is 1. The fraction of sp³-hybridized carbons (Fsp3) is 0.154. The first-order valence-electron chi connectivity index (χ1n) is 10.2. The smallest absolute Gasteiger partial charge is 0.258 e. The molecule has 4 rings (SSSR count). The molecule has 0 bridgehead atoms. The molecule has 1 aromatic heterocycles. The van der Waals surface area contributed by atoms with E-state index in [-0.39, 0.29) is 18.0 Å². The van der Waals surface area contributed by atoms with Gasteiger partial charge < -0.3 is 19.4 Å². The van der Waals surface area contributed by atoms with Crippen LogP contribution in [-0.4, -0.2) is 25.1 Å². The van der Waals surface area contributed by atoms with Crippen LogP contribution in [0.5, 0.6) is 11.5 Å². The summed E-state index contributed by atoms with van der Waals surface area (Å²) in [6.45, 7) is 2.12. The van der Waals surface area contributed by atoms with Crippen LogP contribution in [0.1, 0.15) is 21.5 Å². The van der Waals surface area contributed by atoms with Crippen LogP contribution in [0.15, 0.2) is 77.6 Å². The zero-order valence-corrected chi connectivity index (χ0v) is 18.2. The first kappa shape index (κ1) is 21.2. The van der Waals surface area contributed by atoms with Gasteiger partial charge in [0.15, 0.2) is 11.5 Å². The number of nitrogens with one attached hydrogen (secondary N) is 1. The topological polar surface area (TPSA) is 71.6 Å². The van der Waals surface area contributed by atoms with Crippen LogP contribution in [0.4, 0.5) is 5.69 Å². The number of methoxy groups -OCH3 is 2. The van der Waals surface area contributed by atoms with Gasteiger partial charge in [-0.2, -0.15) is 0 Å². The lowest BCUT2D eigenvalue weighted by Crippen LogP contribution is -2.32. The van der Waals surface area contributed by atoms with Crippen LogP contribution < -0.4 is 19.9 Å². The molecule has 0 saturated carbocycles. The third-order valence-electron chi connectivity index (χ3n) is 5.35. The van der Waals surface area contributed by atoms with E-state index < -0.39 is 0 Å². The van der Waals surface area contributed by atoms with Gasteiger partial charge in [0, 0.05) is 22.3 Å². The van der Waals surface area contributed by atoms with E-state index in [9.17, 15) is 9.59 Å². The number of H-pyrrole nitrogens is 1. The molecule has 6 nitrogen and oxygen atoms in total. The summed E-state index contributed by atoms with van der Waals surface area (Å²) >= 11 is 0. The monoisotopic (exact) mass is 428 g/mol. The summed E-state index contributed by atoms with van der Waals surface area (Å²) < 4.78 is 10.6. The second kappa shape index (κ2) is 8.98. The van der Waals surface area contributed by atoms with Gasteiger partial charge in [-0.1, -0.05) is 29.8 Å². The summed E-state index contributed by atoms with van der Waals surface area (Å²) in [4.78, 5) is 30.9. The molecule has 0 aliphatic rings. The Labute approximate surface area is 186 Å². The van der Waals surface area contributed by atoms with Gasteiger partial charge in [0.25, 0.3) is 11.5 Å². The number of carbonyl (C=O) groups is 1. The van der Waals surface area contributed by atoms with E-state index in [1.807, 2.05) is 61.5 Å². The van der Waals surface area contributed by atoms with Gasteiger partial charge in [0.1, 0.15) is 0 Å². The van der Waals surface area contributed by atoms with Crippen molar-refractivity contribution in [3.05, 3.63) is 99.8 Å². The average Bonchev–Trinajstić information content (AvgIpc) is 2.82. The van der Waals surface area contributed by atoms with Gasteiger partial charge in [-0.15, -0.1) is 0 Å². The number of aryl methyl sites for hydroxylation is 1. The van der Waals surface area contributed by atoms with Gasteiger partial charge in [-0.05, 0) is 60.8 Å². The number of hydrogen-bond acceptors (Lipinski definition) is 4. The standard InChI is InChI=1S/C26H24N2O4/c1-17-9-11-22-19(13-17)14-20(25(29)27-22)16-28(21-7-5-4-6-8-21)26(30)18-10-12-23(31-2)24(15-18)32-3/h4-15H,16H2,1-3H3,(H,27,29). The maximum absolute atomic E-state index is 13.6. The molecule has 0 aliphatic heterocycles. The van der Waals surface area contributed by atoms with E-state index in [1.165, 1.54) is 7.11 Å². The average molecular weight is 428 g/mol. The zero-order valence-electron chi connectivity index (χ0n) is 18.2. The number of para-hydroxylation sites is 1. The Morgan fingerprint density at radius 3 is 2.38 bits per heavy atom. The van der Waals surface area contributed by atoms with Crippen molar-refractivity contribution in [3.8, 4) is 11.5 Å². The molecule has 3 aromatic carbocycles. The molecular formula is C26H24N2O4. The highest BCUT2D eigenvalue weighted by molar-refractivity contribution is 6.06. The lowest BCUT2D eigenvalue weighted by Gasteiger charge is -2.23. The number of aromatic nitrogens is 1. The fourth-order valence-corrected chi connectivity index (χ4v) is 3.67. The molecule has 0 saturated heterocycles. The zero-order chi connectivity index (χ0) is 22.7. The van der Waals surface area contributed by atoms with Crippen LogP contribution in [-0.2, 0) is 6.54 Å². The fourth-order valence-electron chi connectivity index (χ4n) is 3.67. The van der Waals surface area contributed by atoms with E-state index in [1.54, 1.807) is 30.2 Å². The molecular weight excluding hydrogens is 404 g/mol. The molecule has 0 atom stereocenters. The van der Waals surface area contributed by atoms with Gasteiger partial charge in [0.2, 0.25) is 0 Å². The van der Waals surface area contributed by atoms with Crippen molar-refractivity contribution in [2.24, 2.45) is 0 Å². The molecule has 6 heteroatoms. The predicted molar refractivity (Wildman–Crippen MR) is 126 cm³/mol. The minimum atomic E-state index is -0.249. The van der Waals surface area contributed by atoms with Crippen LogP contribution >= 0.6 is 0 Å². The van der Waals surface area contributed by atoms with E-state index in [4.69, 9.17) is 9.47 Å². The number of carbonyl (C=O) groups excluding carboxylic acids is 1. The number of anilines is 1. The van der Waals surface area contributed by atoms with Crippen LogP contribution in [0.25, 0.3) is 10.9 Å². The highest BCUT2D eigenvalue weighted by atomic mass is 16.5. The number of amides is 1. The molecule has 0 spiro atoms. The quantitative estimate of drug-likeness (QED) is 0.483. The van der Waals surface area contributed by atoms with E-state index in [0.29, 0.717) is 28.3 Å². The predicted octanol–water partition coefficient (Wildman–Crippen LogP) is 4.70. The van der Waals surface area contributed by atoms with Gasteiger partial charge in [-0.25, -0.2) is 0 Å². The summed E-state index contributed by atoms with van der Waals surface area (Å²) in [5, 5.41) is 0.922. The van der Waals surface area contributed by atoms with Crippen molar-refractivity contribution in [1.82, 2.24) is 4.98 Å². The Hall–Kier alpha value is -4.06. The number of rotatable bonds is 6. The number of nitrogens with zero attached hydrogens (tertiary/aromatic N) is 1. The van der Waals surface area contributed by atoms with Crippen molar-refractivity contribution >= 4 is 22.5 Å². The number of benzene rings is 3. The van der Waals surface area contributed by atoms with Crippen LogP contribution in [0.3, 0.4) is 0 Å². The number of fused-ring (bicyclic) bond motifs is 1. The van der Waals surface area contributed by atoms with Gasteiger partial charge >= 0.3 is 0 Å². The highest BCUT2D eigenvalue weighted by Crippen LogP contribution is 2.29. The molecule has 1 heterocycles. The van der Waals surface area contributed by atoms with E-state index >= 15 is 0 Å². The number of pyridine rings is 1. The molecule has 162 valence electrons.